The molecule has 72 valence electrons. The number of benzene rings is 1. The third-order valence-electron chi connectivity index (χ3n) is 1.67. The van der Waals surface area contributed by atoms with Crippen molar-refractivity contribution in [3.8, 4) is 0 Å². The van der Waals surface area contributed by atoms with E-state index in [1.165, 1.54) is 6.07 Å². The molecule has 0 bridgehead atoms. The quantitative estimate of drug-likeness (QED) is 0.281. The lowest BCUT2D eigenvalue weighted by atomic mass is 9.78. The minimum absolute atomic E-state index is 0.112. The average molecular weight is 195 g/mol. The minimum atomic E-state index is -1.92. The standard InChI is InChI=1S/C7H6BNO5/c10-4-5-1-2-6(8(11)12)7(3-5)9(13)14/h1-4,11-12H. The summed E-state index contributed by atoms with van der Waals surface area (Å²) in [5.41, 5.74) is -0.605. The summed E-state index contributed by atoms with van der Waals surface area (Å²) in [5.74, 6) is 0. The first kappa shape index (κ1) is 10.4. The predicted molar refractivity (Wildman–Crippen MR) is 48.3 cm³/mol. The molecule has 1 rings (SSSR count). The van der Waals surface area contributed by atoms with Crippen molar-refractivity contribution < 1.29 is 19.8 Å². The molecule has 1 aromatic rings. The first-order valence-electron chi connectivity index (χ1n) is 3.66. The van der Waals surface area contributed by atoms with Gasteiger partial charge in [-0.25, -0.2) is 0 Å². The zero-order valence-corrected chi connectivity index (χ0v) is 6.95. The van der Waals surface area contributed by atoms with Gasteiger partial charge in [-0.2, -0.15) is 0 Å². The largest absolute Gasteiger partial charge is 0.495 e. The Hall–Kier alpha value is -1.73. The Bertz CT molecular complexity index is 378. The summed E-state index contributed by atoms with van der Waals surface area (Å²) < 4.78 is 0. The molecule has 6 nitrogen and oxygen atoms in total. The normalized spacial score (nSPS) is 9.57. The summed E-state index contributed by atoms with van der Waals surface area (Å²) in [6.45, 7) is 0. The summed E-state index contributed by atoms with van der Waals surface area (Å²) >= 11 is 0. The van der Waals surface area contributed by atoms with E-state index < -0.39 is 17.7 Å². The second-order valence-electron chi connectivity index (χ2n) is 2.57. The van der Waals surface area contributed by atoms with Gasteiger partial charge in [-0.3, -0.25) is 14.9 Å². The molecular weight excluding hydrogens is 189 g/mol. The van der Waals surface area contributed by atoms with Crippen LogP contribution in [0, 0.1) is 10.1 Å². The SMILES string of the molecule is O=Cc1ccc(B(O)O)c([N+](=O)[O-])c1. The zero-order valence-electron chi connectivity index (χ0n) is 6.95. The van der Waals surface area contributed by atoms with Crippen LogP contribution in [0.5, 0.6) is 0 Å². The van der Waals surface area contributed by atoms with Crippen LogP contribution in [-0.4, -0.2) is 28.4 Å². The Morgan fingerprint density at radius 3 is 2.50 bits per heavy atom. The molecule has 2 N–H and O–H groups in total. The predicted octanol–water partition coefficient (Wildman–Crippen LogP) is -0.913. The highest BCUT2D eigenvalue weighted by Crippen LogP contribution is 2.10. The fourth-order valence-corrected chi connectivity index (χ4v) is 1.01. The summed E-state index contributed by atoms with van der Waals surface area (Å²) in [5, 5.41) is 28.0. The van der Waals surface area contributed by atoms with Crippen LogP contribution in [0.3, 0.4) is 0 Å². The van der Waals surface area contributed by atoms with Gasteiger partial charge in [-0.05, 0) is 0 Å². The molecule has 0 aliphatic heterocycles. The van der Waals surface area contributed by atoms with E-state index >= 15 is 0 Å². The van der Waals surface area contributed by atoms with E-state index in [0.717, 1.165) is 12.1 Å². The Labute approximate surface area is 79.1 Å². The summed E-state index contributed by atoms with van der Waals surface area (Å²) in [6.07, 6.45) is 0.445. The average Bonchev–Trinajstić information content (AvgIpc) is 2.16. The highest BCUT2D eigenvalue weighted by atomic mass is 16.6. The molecule has 14 heavy (non-hydrogen) atoms. The number of hydrogen-bond acceptors (Lipinski definition) is 5. The monoisotopic (exact) mass is 195 g/mol. The van der Waals surface area contributed by atoms with Gasteiger partial charge in [0.2, 0.25) is 0 Å². The highest BCUT2D eigenvalue weighted by molar-refractivity contribution is 6.60. The Morgan fingerprint density at radius 2 is 2.07 bits per heavy atom. The number of nitro groups is 1. The molecule has 0 unspecified atom stereocenters. The van der Waals surface area contributed by atoms with Gasteiger partial charge >= 0.3 is 7.12 Å². The van der Waals surface area contributed by atoms with Crippen molar-refractivity contribution in [1.82, 2.24) is 0 Å². The summed E-state index contributed by atoms with van der Waals surface area (Å²) in [4.78, 5) is 20.0. The number of rotatable bonds is 3. The van der Waals surface area contributed by atoms with Gasteiger partial charge in [0.25, 0.3) is 5.69 Å². The number of carbonyl (C=O) groups is 1. The molecule has 0 atom stereocenters. The molecule has 0 saturated carbocycles. The third kappa shape index (κ3) is 1.95. The maximum atomic E-state index is 10.5. The van der Waals surface area contributed by atoms with Gasteiger partial charge in [0.1, 0.15) is 6.29 Å². The van der Waals surface area contributed by atoms with Crippen molar-refractivity contribution in [2.75, 3.05) is 0 Å². The molecule has 0 aromatic heterocycles. The van der Waals surface area contributed by atoms with Crippen molar-refractivity contribution in [2.45, 2.75) is 0 Å². The Morgan fingerprint density at radius 1 is 1.43 bits per heavy atom. The highest BCUT2D eigenvalue weighted by Gasteiger charge is 2.23. The number of nitrogens with zero attached hydrogens (tertiary/aromatic N) is 1. The molecule has 0 heterocycles. The number of nitro benzene ring substituents is 1. The third-order valence-corrected chi connectivity index (χ3v) is 1.67. The van der Waals surface area contributed by atoms with Crippen molar-refractivity contribution in [2.24, 2.45) is 0 Å². The van der Waals surface area contributed by atoms with Crippen LogP contribution >= 0.6 is 0 Å². The number of carbonyl (C=O) groups excluding carboxylic acids is 1. The fourth-order valence-electron chi connectivity index (χ4n) is 1.01. The van der Waals surface area contributed by atoms with Crippen molar-refractivity contribution in [3.05, 3.63) is 33.9 Å². The van der Waals surface area contributed by atoms with E-state index in [2.05, 4.69) is 0 Å². The van der Waals surface area contributed by atoms with Crippen LogP contribution in [0.15, 0.2) is 18.2 Å². The van der Waals surface area contributed by atoms with Gasteiger partial charge in [0.15, 0.2) is 0 Å². The van der Waals surface area contributed by atoms with Crippen LogP contribution in [0.25, 0.3) is 0 Å². The van der Waals surface area contributed by atoms with E-state index in [9.17, 15) is 14.9 Å². The lowest BCUT2D eigenvalue weighted by Gasteiger charge is -2.01. The molecule has 0 aliphatic rings. The second kappa shape index (κ2) is 3.99. The van der Waals surface area contributed by atoms with Crippen LogP contribution < -0.4 is 5.46 Å². The van der Waals surface area contributed by atoms with E-state index in [0.29, 0.717) is 6.29 Å². The van der Waals surface area contributed by atoms with E-state index in [1.54, 1.807) is 0 Å². The summed E-state index contributed by atoms with van der Waals surface area (Å²) in [6, 6.07) is 3.39. The molecule has 1 aromatic carbocycles. The second-order valence-corrected chi connectivity index (χ2v) is 2.57. The van der Waals surface area contributed by atoms with Crippen LogP contribution in [-0.2, 0) is 0 Å². The minimum Gasteiger partial charge on any atom is -0.423 e. The van der Waals surface area contributed by atoms with Crippen LogP contribution in [0.4, 0.5) is 5.69 Å². The lowest BCUT2D eigenvalue weighted by molar-refractivity contribution is -0.383. The van der Waals surface area contributed by atoms with Crippen molar-refractivity contribution >= 4 is 24.6 Å². The molecule has 0 amide bonds. The van der Waals surface area contributed by atoms with Gasteiger partial charge in [-0.1, -0.05) is 12.1 Å². The Kier molecular flexibility index (Phi) is 2.95. The van der Waals surface area contributed by atoms with Gasteiger partial charge in [-0.15, -0.1) is 0 Å². The van der Waals surface area contributed by atoms with Gasteiger partial charge < -0.3 is 10.0 Å². The summed E-state index contributed by atoms with van der Waals surface area (Å²) in [7, 11) is -1.92. The molecule has 0 aliphatic carbocycles. The first-order chi connectivity index (χ1) is 6.56. The lowest BCUT2D eigenvalue weighted by Crippen LogP contribution is -2.32. The molecule has 0 spiro atoms. The van der Waals surface area contributed by atoms with Gasteiger partial charge in [0.05, 0.1) is 10.4 Å². The molecule has 0 fully saturated rings. The van der Waals surface area contributed by atoms with E-state index in [1.807, 2.05) is 0 Å². The fraction of sp³-hybridized carbons (Fsp3) is 0. The Balaban J connectivity index is 3.31. The van der Waals surface area contributed by atoms with E-state index in [-0.39, 0.29) is 11.0 Å². The van der Waals surface area contributed by atoms with E-state index in [4.69, 9.17) is 10.0 Å². The number of hydrogen-bond donors (Lipinski definition) is 2. The smallest absolute Gasteiger partial charge is 0.423 e. The maximum Gasteiger partial charge on any atom is 0.495 e. The maximum absolute atomic E-state index is 10.5. The molecule has 0 radical (unpaired) electrons. The first-order valence-corrected chi connectivity index (χ1v) is 3.66. The van der Waals surface area contributed by atoms with Crippen LogP contribution in [0.2, 0.25) is 0 Å². The van der Waals surface area contributed by atoms with Crippen molar-refractivity contribution in [3.63, 3.8) is 0 Å². The topological polar surface area (TPSA) is 101 Å². The zero-order chi connectivity index (χ0) is 10.7. The molecular formula is C7H6BNO5. The number of aldehydes is 1. The van der Waals surface area contributed by atoms with Gasteiger partial charge in [0, 0.05) is 11.6 Å². The molecule has 0 saturated heterocycles. The van der Waals surface area contributed by atoms with Crippen LogP contribution in [0.1, 0.15) is 10.4 Å². The molecule has 7 heteroatoms. The van der Waals surface area contributed by atoms with Crippen molar-refractivity contribution in [1.29, 1.82) is 0 Å².